The molecule has 2 unspecified atom stereocenters. The van der Waals surface area contributed by atoms with E-state index in [1.807, 2.05) is 36.1 Å². The van der Waals surface area contributed by atoms with Crippen LogP contribution in [0.2, 0.25) is 0 Å². The number of ether oxygens (including phenoxy) is 1. The summed E-state index contributed by atoms with van der Waals surface area (Å²) in [5, 5.41) is 0. The third-order valence-corrected chi connectivity index (χ3v) is 4.72. The Bertz CT molecular complexity index is 749. The number of rotatable bonds is 4. The first-order chi connectivity index (χ1) is 11.5. The fourth-order valence-electron chi connectivity index (χ4n) is 3.32. The number of fused-ring (bicyclic) bond motifs is 1. The summed E-state index contributed by atoms with van der Waals surface area (Å²) in [6, 6.07) is 8.11. The molecule has 3 nitrogen and oxygen atoms in total. The van der Waals surface area contributed by atoms with Gasteiger partial charge in [-0.2, -0.15) is 0 Å². The Labute approximate surface area is 138 Å². The van der Waals surface area contributed by atoms with Crippen LogP contribution >= 0.6 is 0 Å². The molecule has 128 valence electrons. The van der Waals surface area contributed by atoms with Crippen LogP contribution in [0.15, 0.2) is 30.3 Å². The van der Waals surface area contributed by atoms with Crippen LogP contribution in [-0.2, 0) is 6.54 Å². The number of hydrogen-bond acceptors (Lipinski definition) is 3. The van der Waals surface area contributed by atoms with Crippen molar-refractivity contribution in [2.24, 2.45) is 5.73 Å². The van der Waals surface area contributed by atoms with Gasteiger partial charge in [0.05, 0.1) is 7.11 Å². The van der Waals surface area contributed by atoms with E-state index in [9.17, 15) is 13.2 Å². The molecule has 0 fully saturated rings. The lowest BCUT2D eigenvalue weighted by Crippen LogP contribution is -2.30. The Kier molecular flexibility index (Phi) is 4.51. The number of benzene rings is 2. The van der Waals surface area contributed by atoms with Gasteiger partial charge in [-0.1, -0.05) is 12.1 Å². The number of methoxy groups -OCH3 is 1. The number of nitrogens with two attached hydrogens (primary N) is 1. The first-order valence-electron chi connectivity index (χ1n) is 7.74. The maximum absolute atomic E-state index is 14.1. The van der Waals surface area contributed by atoms with Gasteiger partial charge in [0.15, 0.2) is 17.5 Å². The predicted molar refractivity (Wildman–Crippen MR) is 85.1 cm³/mol. The molecule has 0 bridgehead atoms. The van der Waals surface area contributed by atoms with Gasteiger partial charge in [0, 0.05) is 30.7 Å². The molecular weight excluding hydrogens is 317 g/mol. The van der Waals surface area contributed by atoms with E-state index >= 15 is 0 Å². The molecule has 0 saturated carbocycles. The number of hydrogen-bond donors (Lipinski definition) is 1. The number of nitrogens with zero attached hydrogens (tertiary/aromatic N) is 1. The molecule has 0 saturated heterocycles. The summed E-state index contributed by atoms with van der Waals surface area (Å²) in [5.74, 6) is -2.98. The summed E-state index contributed by atoms with van der Waals surface area (Å²) in [6.45, 7) is 2.34. The molecule has 0 aromatic heterocycles. The van der Waals surface area contributed by atoms with Gasteiger partial charge >= 0.3 is 0 Å². The van der Waals surface area contributed by atoms with E-state index in [1.54, 1.807) is 7.11 Å². The van der Waals surface area contributed by atoms with E-state index in [1.165, 1.54) is 0 Å². The second kappa shape index (κ2) is 6.45. The van der Waals surface area contributed by atoms with Crippen LogP contribution in [-0.4, -0.2) is 18.6 Å². The number of halogens is 3. The van der Waals surface area contributed by atoms with Gasteiger partial charge < -0.3 is 10.5 Å². The minimum absolute atomic E-state index is 0.0950. The molecule has 0 radical (unpaired) electrons. The van der Waals surface area contributed by atoms with Gasteiger partial charge in [0.25, 0.3) is 0 Å². The van der Waals surface area contributed by atoms with E-state index in [4.69, 9.17) is 10.5 Å². The average Bonchev–Trinajstić information content (AvgIpc) is 2.97. The molecule has 1 aliphatic rings. The molecule has 2 aromatic carbocycles. The summed E-state index contributed by atoms with van der Waals surface area (Å²) in [5.41, 5.74) is 7.44. The molecule has 0 amide bonds. The molecular formula is C18H19F3N2O. The quantitative estimate of drug-likeness (QED) is 0.866. The van der Waals surface area contributed by atoms with Gasteiger partial charge in [-0.15, -0.1) is 0 Å². The van der Waals surface area contributed by atoms with Crippen molar-refractivity contribution in [2.45, 2.75) is 25.6 Å². The topological polar surface area (TPSA) is 38.5 Å². The van der Waals surface area contributed by atoms with Gasteiger partial charge in [0.1, 0.15) is 5.75 Å². The SMILES string of the molecule is COc1ccc(C(C)N2Cc3c(cc(F)c(F)c3F)C2CN)cc1. The molecule has 0 spiro atoms. The van der Waals surface area contributed by atoms with Crippen LogP contribution in [0.5, 0.6) is 5.75 Å². The monoisotopic (exact) mass is 336 g/mol. The van der Waals surface area contributed by atoms with E-state index in [0.717, 1.165) is 17.4 Å². The molecule has 6 heteroatoms. The molecule has 2 atom stereocenters. The smallest absolute Gasteiger partial charge is 0.194 e. The zero-order valence-corrected chi connectivity index (χ0v) is 13.5. The van der Waals surface area contributed by atoms with Crippen LogP contribution in [0.25, 0.3) is 0 Å². The summed E-state index contributed by atoms with van der Waals surface area (Å²) in [6.07, 6.45) is 0. The largest absolute Gasteiger partial charge is 0.497 e. The highest BCUT2D eigenvalue weighted by Gasteiger charge is 2.36. The molecule has 0 aliphatic carbocycles. The third kappa shape index (κ3) is 2.65. The van der Waals surface area contributed by atoms with Crippen LogP contribution in [0.4, 0.5) is 13.2 Å². The van der Waals surface area contributed by atoms with Crippen LogP contribution in [0, 0.1) is 17.5 Å². The lowest BCUT2D eigenvalue weighted by Gasteiger charge is -2.30. The molecule has 1 heterocycles. The summed E-state index contributed by atoms with van der Waals surface area (Å²) < 4.78 is 46.4. The lowest BCUT2D eigenvalue weighted by atomic mass is 10.0. The van der Waals surface area contributed by atoms with Gasteiger partial charge in [-0.3, -0.25) is 4.90 Å². The zero-order valence-electron chi connectivity index (χ0n) is 13.5. The summed E-state index contributed by atoms with van der Waals surface area (Å²) >= 11 is 0. The summed E-state index contributed by atoms with van der Waals surface area (Å²) in [4.78, 5) is 1.95. The molecule has 2 N–H and O–H groups in total. The second-order valence-corrected chi connectivity index (χ2v) is 5.93. The van der Waals surface area contributed by atoms with Gasteiger partial charge in [-0.05, 0) is 36.2 Å². The highest BCUT2D eigenvalue weighted by Crippen LogP contribution is 2.41. The van der Waals surface area contributed by atoms with Crippen LogP contribution in [0.3, 0.4) is 0 Å². The van der Waals surface area contributed by atoms with Crippen molar-refractivity contribution in [1.29, 1.82) is 0 Å². The Balaban J connectivity index is 1.95. The van der Waals surface area contributed by atoms with E-state index in [0.29, 0.717) is 5.56 Å². The molecule has 3 rings (SSSR count). The van der Waals surface area contributed by atoms with Crippen molar-refractivity contribution in [1.82, 2.24) is 4.90 Å². The zero-order chi connectivity index (χ0) is 17.4. The average molecular weight is 336 g/mol. The van der Waals surface area contributed by atoms with Gasteiger partial charge in [-0.25, -0.2) is 13.2 Å². The first kappa shape index (κ1) is 16.8. The molecule has 24 heavy (non-hydrogen) atoms. The minimum Gasteiger partial charge on any atom is -0.497 e. The van der Waals surface area contributed by atoms with E-state index in [2.05, 4.69) is 0 Å². The maximum Gasteiger partial charge on any atom is 0.194 e. The fourth-order valence-corrected chi connectivity index (χ4v) is 3.32. The van der Waals surface area contributed by atoms with Crippen molar-refractivity contribution >= 4 is 0 Å². The van der Waals surface area contributed by atoms with Crippen LogP contribution < -0.4 is 10.5 Å². The normalized spacial score (nSPS) is 18.5. The van der Waals surface area contributed by atoms with Crippen molar-refractivity contribution in [3.8, 4) is 5.75 Å². The van der Waals surface area contributed by atoms with E-state index in [-0.39, 0.29) is 30.7 Å². The van der Waals surface area contributed by atoms with Crippen molar-refractivity contribution < 1.29 is 17.9 Å². The highest BCUT2D eigenvalue weighted by atomic mass is 19.2. The summed E-state index contributed by atoms with van der Waals surface area (Å²) in [7, 11) is 1.59. The van der Waals surface area contributed by atoms with Crippen molar-refractivity contribution in [2.75, 3.05) is 13.7 Å². The van der Waals surface area contributed by atoms with Gasteiger partial charge in [0.2, 0.25) is 0 Å². The maximum atomic E-state index is 14.1. The predicted octanol–water partition coefficient (Wildman–Crippen LogP) is 3.69. The lowest BCUT2D eigenvalue weighted by molar-refractivity contribution is 0.160. The Hall–Kier alpha value is -2.05. The Morgan fingerprint density at radius 2 is 1.88 bits per heavy atom. The first-order valence-corrected chi connectivity index (χ1v) is 7.74. The Morgan fingerprint density at radius 3 is 2.46 bits per heavy atom. The Morgan fingerprint density at radius 1 is 1.21 bits per heavy atom. The second-order valence-electron chi connectivity index (χ2n) is 5.93. The van der Waals surface area contributed by atoms with Crippen LogP contribution in [0.1, 0.15) is 35.7 Å². The highest BCUT2D eigenvalue weighted by molar-refractivity contribution is 5.38. The standard InChI is InChI=1S/C18H19F3N2O/c1-10(11-3-5-12(24-2)6-4-11)23-9-14-13(16(23)8-22)7-15(19)18(21)17(14)20/h3-7,10,16H,8-9,22H2,1-2H3. The third-order valence-electron chi connectivity index (χ3n) is 4.72. The fraction of sp³-hybridized carbons (Fsp3) is 0.333. The molecule has 1 aliphatic heterocycles. The van der Waals surface area contributed by atoms with Crippen molar-refractivity contribution in [3.05, 3.63) is 64.5 Å². The molecule has 2 aromatic rings. The van der Waals surface area contributed by atoms with E-state index < -0.39 is 17.5 Å². The van der Waals surface area contributed by atoms with Crippen molar-refractivity contribution in [3.63, 3.8) is 0 Å². The minimum atomic E-state index is -1.43.